The highest BCUT2D eigenvalue weighted by Gasteiger charge is 1.99. The average molecular weight is 261 g/mol. The minimum atomic E-state index is -0.283. The minimum absolute atomic E-state index is 0.0513. The fraction of sp³-hybridized carbons (Fsp3) is 0.833. The van der Waals surface area contributed by atoms with Gasteiger partial charge in [0.1, 0.15) is 0 Å². The Hall–Kier alpha value is -1.14. The highest BCUT2D eigenvalue weighted by molar-refractivity contribution is 5.75. The quantitative estimate of drug-likeness (QED) is 0.433. The van der Waals surface area contributed by atoms with E-state index in [9.17, 15) is 9.59 Å². The van der Waals surface area contributed by atoms with Crippen LogP contribution in [0, 0.1) is 0 Å². The van der Waals surface area contributed by atoms with E-state index in [4.69, 9.17) is 9.47 Å². The Morgan fingerprint density at radius 2 is 1.67 bits per heavy atom. The highest BCUT2D eigenvalue weighted by Crippen LogP contribution is 1.87. The normalized spacial score (nSPS) is 10.1. The van der Waals surface area contributed by atoms with Crippen LogP contribution in [0.1, 0.15) is 26.2 Å². The molecule has 0 fully saturated rings. The summed E-state index contributed by atoms with van der Waals surface area (Å²) in [7, 11) is 1.35. The summed E-state index contributed by atoms with van der Waals surface area (Å²) in [4.78, 5) is 21.8. The molecule has 0 heterocycles. The Bertz CT molecular complexity index is 233. The number of hydrogen-bond donors (Lipinski definition) is 1. The van der Waals surface area contributed by atoms with Crippen molar-refractivity contribution in [3.05, 3.63) is 0 Å². The highest BCUT2D eigenvalue weighted by atomic mass is 16.5. The SMILES string of the molecule is CCCC(=O)NCCOCCOCCC(=O)OC. The van der Waals surface area contributed by atoms with Gasteiger partial charge in [-0.25, -0.2) is 0 Å². The maximum atomic E-state index is 11.1. The van der Waals surface area contributed by atoms with Gasteiger partial charge in [0.15, 0.2) is 0 Å². The molecule has 0 bridgehead atoms. The molecule has 6 nitrogen and oxygen atoms in total. The number of esters is 1. The lowest BCUT2D eigenvalue weighted by molar-refractivity contribution is -0.141. The van der Waals surface area contributed by atoms with Crippen molar-refractivity contribution < 1.29 is 23.8 Å². The molecule has 18 heavy (non-hydrogen) atoms. The molecule has 0 aliphatic heterocycles. The minimum Gasteiger partial charge on any atom is -0.469 e. The summed E-state index contributed by atoms with van der Waals surface area (Å²) in [6.07, 6.45) is 1.65. The maximum Gasteiger partial charge on any atom is 0.307 e. The van der Waals surface area contributed by atoms with Gasteiger partial charge in [-0.3, -0.25) is 9.59 Å². The molecule has 0 aliphatic rings. The molecule has 0 aromatic carbocycles. The molecule has 0 spiro atoms. The molecule has 0 saturated carbocycles. The summed E-state index contributed by atoms with van der Waals surface area (Å²) in [5, 5.41) is 2.74. The van der Waals surface area contributed by atoms with Crippen molar-refractivity contribution in [3.8, 4) is 0 Å². The van der Waals surface area contributed by atoms with Gasteiger partial charge < -0.3 is 19.5 Å². The van der Waals surface area contributed by atoms with Gasteiger partial charge in [-0.1, -0.05) is 6.92 Å². The van der Waals surface area contributed by atoms with Crippen molar-refractivity contribution in [2.45, 2.75) is 26.2 Å². The molecule has 0 aromatic heterocycles. The van der Waals surface area contributed by atoms with Gasteiger partial charge in [-0.2, -0.15) is 0 Å². The van der Waals surface area contributed by atoms with Crippen molar-refractivity contribution in [1.29, 1.82) is 0 Å². The standard InChI is InChI=1S/C12H23NO5/c1-3-4-11(14)13-6-8-18-10-9-17-7-5-12(15)16-2/h3-10H2,1-2H3,(H,13,14). The van der Waals surface area contributed by atoms with E-state index in [1.54, 1.807) is 0 Å². The van der Waals surface area contributed by atoms with Crippen LogP contribution in [0.15, 0.2) is 0 Å². The van der Waals surface area contributed by atoms with E-state index < -0.39 is 0 Å². The van der Waals surface area contributed by atoms with Crippen molar-refractivity contribution in [2.24, 2.45) is 0 Å². The molecule has 0 saturated heterocycles. The number of rotatable bonds is 11. The average Bonchev–Trinajstić information content (AvgIpc) is 2.36. The lowest BCUT2D eigenvalue weighted by Crippen LogP contribution is -2.27. The number of carbonyl (C=O) groups excluding carboxylic acids is 2. The van der Waals surface area contributed by atoms with E-state index in [0.29, 0.717) is 39.4 Å². The number of amides is 1. The smallest absolute Gasteiger partial charge is 0.307 e. The van der Waals surface area contributed by atoms with Crippen LogP contribution in [-0.4, -0.2) is 52.0 Å². The third-order valence-electron chi connectivity index (χ3n) is 2.10. The van der Waals surface area contributed by atoms with Crippen molar-refractivity contribution in [1.82, 2.24) is 5.32 Å². The van der Waals surface area contributed by atoms with Crippen LogP contribution in [0.25, 0.3) is 0 Å². The Balaban J connectivity index is 3.12. The van der Waals surface area contributed by atoms with Crippen LogP contribution in [0.4, 0.5) is 0 Å². The van der Waals surface area contributed by atoms with E-state index in [1.165, 1.54) is 7.11 Å². The third kappa shape index (κ3) is 11.3. The molecule has 1 amide bonds. The van der Waals surface area contributed by atoms with Gasteiger partial charge in [0.2, 0.25) is 5.91 Å². The van der Waals surface area contributed by atoms with Gasteiger partial charge in [-0.15, -0.1) is 0 Å². The summed E-state index contributed by atoms with van der Waals surface area (Å²) >= 11 is 0. The fourth-order valence-corrected chi connectivity index (χ4v) is 1.16. The molecule has 0 rings (SSSR count). The number of hydrogen-bond acceptors (Lipinski definition) is 5. The largest absolute Gasteiger partial charge is 0.469 e. The van der Waals surface area contributed by atoms with Gasteiger partial charge in [0, 0.05) is 13.0 Å². The van der Waals surface area contributed by atoms with Crippen molar-refractivity contribution >= 4 is 11.9 Å². The zero-order chi connectivity index (χ0) is 13.6. The Morgan fingerprint density at radius 1 is 1.00 bits per heavy atom. The first-order chi connectivity index (χ1) is 8.70. The molecule has 6 heteroatoms. The zero-order valence-electron chi connectivity index (χ0n) is 11.2. The molecule has 0 unspecified atom stereocenters. The second-order valence-electron chi connectivity index (χ2n) is 3.65. The number of nitrogens with one attached hydrogen (secondary N) is 1. The molecule has 106 valence electrons. The topological polar surface area (TPSA) is 73.9 Å². The van der Waals surface area contributed by atoms with E-state index in [0.717, 1.165) is 6.42 Å². The summed E-state index contributed by atoms with van der Waals surface area (Å²) in [5.41, 5.74) is 0. The van der Waals surface area contributed by atoms with E-state index in [-0.39, 0.29) is 18.3 Å². The first-order valence-electron chi connectivity index (χ1n) is 6.19. The van der Waals surface area contributed by atoms with Crippen LogP contribution in [0.2, 0.25) is 0 Å². The zero-order valence-corrected chi connectivity index (χ0v) is 11.2. The maximum absolute atomic E-state index is 11.1. The van der Waals surface area contributed by atoms with Gasteiger partial charge in [0.05, 0.1) is 40.0 Å². The molecule has 0 aromatic rings. The van der Waals surface area contributed by atoms with Crippen LogP contribution in [0.5, 0.6) is 0 Å². The summed E-state index contributed by atoms with van der Waals surface area (Å²) in [5.74, 6) is -0.231. The summed E-state index contributed by atoms with van der Waals surface area (Å²) < 4.78 is 14.9. The fourth-order valence-electron chi connectivity index (χ4n) is 1.16. The summed E-state index contributed by atoms with van der Waals surface area (Å²) in [6.45, 7) is 4.16. The first-order valence-corrected chi connectivity index (χ1v) is 6.19. The first kappa shape index (κ1) is 16.9. The molecule has 0 radical (unpaired) electrons. The van der Waals surface area contributed by atoms with E-state index in [2.05, 4.69) is 10.1 Å². The van der Waals surface area contributed by atoms with E-state index in [1.807, 2.05) is 6.92 Å². The number of methoxy groups -OCH3 is 1. The number of carbonyl (C=O) groups is 2. The van der Waals surface area contributed by atoms with Gasteiger partial charge in [0.25, 0.3) is 0 Å². The lowest BCUT2D eigenvalue weighted by Gasteiger charge is -2.06. The Labute approximate surface area is 108 Å². The van der Waals surface area contributed by atoms with Crippen LogP contribution in [-0.2, 0) is 23.8 Å². The predicted octanol–water partition coefficient (Wildman–Crippen LogP) is 0.499. The molecular weight excluding hydrogens is 238 g/mol. The van der Waals surface area contributed by atoms with Gasteiger partial charge in [-0.05, 0) is 6.42 Å². The van der Waals surface area contributed by atoms with E-state index >= 15 is 0 Å². The molecule has 1 N–H and O–H groups in total. The van der Waals surface area contributed by atoms with Crippen LogP contribution >= 0.6 is 0 Å². The predicted molar refractivity (Wildman–Crippen MR) is 66.2 cm³/mol. The second kappa shape index (κ2) is 12.3. The number of ether oxygens (including phenoxy) is 3. The van der Waals surface area contributed by atoms with Crippen LogP contribution in [0.3, 0.4) is 0 Å². The Morgan fingerprint density at radius 3 is 2.28 bits per heavy atom. The third-order valence-corrected chi connectivity index (χ3v) is 2.10. The lowest BCUT2D eigenvalue weighted by atomic mass is 10.3. The van der Waals surface area contributed by atoms with Crippen LogP contribution < -0.4 is 5.32 Å². The molecular formula is C12H23NO5. The van der Waals surface area contributed by atoms with Crippen molar-refractivity contribution in [2.75, 3.05) is 40.1 Å². The summed E-state index contributed by atoms with van der Waals surface area (Å²) in [6, 6.07) is 0. The molecule has 0 aliphatic carbocycles. The second-order valence-corrected chi connectivity index (χ2v) is 3.65. The van der Waals surface area contributed by atoms with Crippen molar-refractivity contribution in [3.63, 3.8) is 0 Å². The monoisotopic (exact) mass is 261 g/mol. The van der Waals surface area contributed by atoms with Gasteiger partial charge >= 0.3 is 5.97 Å². The molecule has 0 atom stereocenters. The Kier molecular flexibility index (Phi) is 11.5.